The number of hydrogen-bond donors (Lipinski definition) is 0. The first-order valence-electron chi connectivity index (χ1n) is 12.1. The molecule has 1 aromatic carbocycles. The number of rotatable bonds is 3. The maximum absolute atomic E-state index is 13.9. The van der Waals surface area contributed by atoms with Crippen molar-refractivity contribution in [3.05, 3.63) is 66.0 Å². The molecule has 0 radical (unpaired) electrons. The molecule has 4 heterocycles. The Bertz CT molecular complexity index is 1450. The quantitative estimate of drug-likeness (QED) is 0.342. The molecule has 8 nitrogen and oxygen atoms in total. The number of anilines is 1. The molecule has 0 spiro atoms. The summed E-state index contributed by atoms with van der Waals surface area (Å²) in [6.07, 6.45) is 4.87. The van der Waals surface area contributed by atoms with Gasteiger partial charge in [0.25, 0.3) is 0 Å². The summed E-state index contributed by atoms with van der Waals surface area (Å²) >= 11 is 6.11. The third-order valence-corrected chi connectivity index (χ3v) is 6.53. The number of carbonyl (C=O) groups excluding carboxylic acids is 1. The zero-order valence-corrected chi connectivity index (χ0v) is 21.9. The van der Waals surface area contributed by atoms with Crippen molar-refractivity contribution in [2.75, 3.05) is 24.5 Å². The van der Waals surface area contributed by atoms with Crippen molar-refractivity contribution >= 4 is 34.5 Å². The summed E-state index contributed by atoms with van der Waals surface area (Å²) in [7, 11) is 0. The second kappa shape index (κ2) is 9.63. The second-order valence-electron chi connectivity index (χ2n) is 10.1. The Morgan fingerprint density at radius 1 is 1.14 bits per heavy atom. The fourth-order valence-electron chi connectivity index (χ4n) is 4.58. The summed E-state index contributed by atoms with van der Waals surface area (Å²) in [5, 5.41) is 0.846. The number of pyridine rings is 1. The lowest BCUT2D eigenvalue weighted by atomic mass is 10.1. The van der Waals surface area contributed by atoms with Crippen molar-refractivity contribution < 1.29 is 13.9 Å². The van der Waals surface area contributed by atoms with Crippen molar-refractivity contribution in [2.45, 2.75) is 39.3 Å². The summed E-state index contributed by atoms with van der Waals surface area (Å²) in [5.74, 6) is 0.257. The number of hydrogen-bond acceptors (Lipinski definition) is 6. The monoisotopic (exact) mass is 522 g/mol. The molecule has 5 rings (SSSR count). The number of halogens is 2. The molecule has 1 fully saturated rings. The number of nitrogens with zero attached hydrogens (tertiary/aromatic N) is 6. The average molecular weight is 523 g/mol. The van der Waals surface area contributed by atoms with Crippen LogP contribution in [0, 0.1) is 5.82 Å². The Hall–Kier alpha value is -3.72. The number of piperazine rings is 1. The molecule has 1 amide bonds. The summed E-state index contributed by atoms with van der Waals surface area (Å²) in [6.45, 7) is 9.20. The lowest BCUT2D eigenvalue weighted by Crippen LogP contribution is -2.54. The molecule has 1 atom stereocenters. The van der Waals surface area contributed by atoms with E-state index in [0.717, 1.165) is 22.5 Å². The van der Waals surface area contributed by atoms with Crippen molar-refractivity contribution in [1.82, 2.24) is 24.4 Å². The largest absolute Gasteiger partial charge is 0.444 e. The van der Waals surface area contributed by atoms with Gasteiger partial charge in [-0.1, -0.05) is 17.7 Å². The maximum Gasteiger partial charge on any atom is 0.410 e. The van der Waals surface area contributed by atoms with E-state index in [4.69, 9.17) is 16.3 Å². The molecule has 37 heavy (non-hydrogen) atoms. The summed E-state index contributed by atoms with van der Waals surface area (Å²) in [5.41, 5.74) is 2.37. The minimum atomic E-state index is -0.556. The van der Waals surface area contributed by atoms with Crippen molar-refractivity contribution in [3.63, 3.8) is 0 Å². The molecule has 0 saturated carbocycles. The van der Waals surface area contributed by atoms with E-state index in [9.17, 15) is 9.18 Å². The van der Waals surface area contributed by atoms with E-state index >= 15 is 0 Å². The van der Waals surface area contributed by atoms with E-state index in [2.05, 4.69) is 26.8 Å². The zero-order valence-electron chi connectivity index (χ0n) is 21.2. The van der Waals surface area contributed by atoms with Gasteiger partial charge in [-0.3, -0.25) is 4.98 Å². The molecular weight excluding hydrogens is 495 g/mol. The van der Waals surface area contributed by atoms with Gasteiger partial charge in [0.1, 0.15) is 23.6 Å². The summed E-state index contributed by atoms with van der Waals surface area (Å²) in [4.78, 5) is 30.4. The Morgan fingerprint density at radius 2 is 1.95 bits per heavy atom. The number of fused-ring (bicyclic) bond motifs is 1. The highest BCUT2D eigenvalue weighted by atomic mass is 35.5. The van der Waals surface area contributed by atoms with Crippen LogP contribution >= 0.6 is 11.6 Å². The molecule has 10 heteroatoms. The van der Waals surface area contributed by atoms with Crippen LogP contribution in [0.4, 0.5) is 15.0 Å². The lowest BCUT2D eigenvalue weighted by molar-refractivity contribution is 0.0218. The van der Waals surface area contributed by atoms with Gasteiger partial charge in [-0.2, -0.15) is 0 Å². The van der Waals surface area contributed by atoms with Gasteiger partial charge in [-0.25, -0.2) is 19.2 Å². The van der Waals surface area contributed by atoms with Gasteiger partial charge in [-0.05, 0) is 58.0 Å². The number of benzene rings is 1. The van der Waals surface area contributed by atoms with Gasteiger partial charge in [0, 0.05) is 49.3 Å². The minimum Gasteiger partial charge on any atom is -0.444 e. The molecule has 3 aromatic heterocycles. The van der Waals surface area contributed by atoms with Crippen molar-refractivity contribution in [3.8, 4) is 16.9 Å². The first-order valence-corrected chi connectivity index (χ1v) is 12.5. The maximum atomic E-state index is 13.9. The van der Waals surface area contributed by atoms with Gasteiger partial charge < -0.3 is 19.1 Å². The van der Waals surface area contributed by atoms with Crippen LogP contribution in [0.5, 0.6) is 0 Å². The van der Waals surface area contributed by atoms with Crippen LogP contribution in [0.25, 0.3) is 28.0 Å². The standard InChI is InChI=1S/C27H28ClFN6O2/c1-17-14-33(26(36)37-27(2,3)4)11-12-34(17)24-23-19(22-7-5-6-10-30-22)15-35(25(23)32-16-31-24)18-8-9-21(29)20(28)13-18/h5-10,13,15-17H,11-12,14H2,1-4H3. The van der Waals surface area contributed by atoms with Gasteiger partial charge in [0.05, 0.1) is 16.1 Å². The average Bonchev–Trinajstić information content (AvgIpc) is 3.25. The number of ether oxygens (including phenoxy) is 1. The highest BCUT2D eigenvalue weighted by molar-refractivity contribution is 6.30. The SMILES string of the molecule is CC1CN(C(=O)OC(C)(C)C)CCN1c1ncnc2c1c(-c1ccccn1)cn2-c1ccc(F)c(Cl)c1. The van der Waals surface area contributed by atoms with E-state index in [1.165, 1.54) is 12.4 Å². The van der Waals surface area contributed by atoms with Gasteiger partial charge in [0.2, 0.25) is 0 Å². The fourth-order valence-corrected chi connectivity index (χ4v) is 4.75. The van der Waals surface area contributed by atoms with Crippen LogP contribution in [0.1, 0.15) is 27.7 Å². The third-order valence-electron chi connectivity index (χ3n) is 6.24. The molecule has 1 aliphatic rings. The van der Waals surface area contributed by atoms with E-state index in [1.54, 1.807) is 23.2 Å². The van der Waals surface area contributed by atoms with Crippen LogP contribution in [0.2, 0.25) is 5.02 Å². The van der Waals surface area contributed by atoms with Crippen LogP contribution in [-0.4, -0.2) is 61.8 Å². The number of aromatic nitrogens is 4. The fraction of sp³-hybridized carbons (Fsp3) is 0.333. The Balaban J connectivity index is 1.59. The first kappa shape index (κ1) is 25.0. The smallest absolute Gasteiger partial charge is 0.410 e. The van der Waals surface area contributed by atoms with Gasteiger partial charge >= 0.3 is 6.09 Å². The molecule has 1 saturated heterocycles. The Labute approximate surface area is 219 Å². The highest BCUT2D eigenvalue weighted by Crippen LogP contribution is 2.37. The van der Waals surface area contributed by atoms with Crippen LogP contribution < -0.4 is 4.90 Å². The van der Waals surface area contributed by atoms with E-state index in [-0.39, 0.29) is 17.2 Å². The van der Waals surface area contributed by atoms with Crippen LogP contribution in [-0.2, 0) is 4.74 Å². The minimum absolute atomic E-state index is 0.0277. The molecule has 1 unspecified atom stereocenters. The molecule has 1 aliphatic heterocycles. The Kier molecular flexibility index (Phi) is 6.49. The normalized spacial score (nSPS) is 16.3. The molecule has 0 aliphatic carbocycles. The Morgan fingerprint density at radius 3 is 2.62 bits per heavy atom. The molecule has 0 bridgehead atoms. The van der Waals surface area contributed by atoms with Crippen molar-refractivity contribution in [1.29, 1.82) is 0 Å². The van der Waals surface area contributed by atoms with Gasteiger partial charge in [-0.15, -0.1) is 0 Å². The number of amides is 1. The molecule has 192 valence electrons. The van der Waals surface area contributed by atoms with Crippen LogP contribution in [0.15, 0.2) is 55.1 Å². The van der Waals surface area contributed by atoms with Crippen LogP contribution in [0.3, 0.4) is 0 Å². The molecule has 4 aromatic rings. The zero-order chi connectivity index (χ0) is 26.3. The van der Waals surface area contributed by atoms with E-state index in [1.807, 2.05) is 49.7 Å². The van der Waals surface area contributed by atoms with Gasteiger partial charge in [0.15, 0.2) is 5.65 Å². The lowest BCUT2D eigenvalue weighted by Gasteiger charge is -2.41. The molecular formula is C27H28ClFN6O2. The third kappa shape index (κ3) is 4.96. The van der Waals surface area contributed by atoms with Crippen molar-refractivity contribution in [2.24, 2.45) is 0 Å². The molecule has 0 N–H and O–H groups in total. The summed E-state index contributed by atoms with van der Waals surface area (Å²) < 4.78 is 21.4. The topological polar surface area (TPSA) is 76.4 Å². The second-order valence-corrected chi connectivity index (χ2v) is 10.5. The summed E-state index contributed by atoms with van der Waals surface area (Å²) in [6, 6.07) is 10.3. The predicted molar refractivity (Wildman–Crippen MR) is 142 cm³/mol. The highest BCUT2D eigenvalue weighted by Gasteiger charge is 2.32. The number of carbonyl (C=O) groups is 1. The van der Waals surface area contributed by atoms with E-state index < -0.39 is 11.4 Å². The predicted octanol–water partition coefficient (Wildman–Crippen LogP) is 5.72. The first-order chi connectivity index (χ1) is 17.6. The van der Waals surface area contributed by atoms with E-state index in [0.29, 0.717) is 31.0 Å².